The molecule has 2 aliphatic rings. The van der Waals surface area contributed by atoms with Crippen molar-refractivity contribution in [3.8, 4) is 0 Å². The molecule has 41 heavy (non-hydrogen) atoms. The van der Waals surface area contributed by atoms with Crippen LogP contribution in [0.4, 0.5) is 11.4 Å². The zero-order valence-corrected chi connectivity index (χ0v) is 23.9. The Morgan fingerprint density at radius 2 is 1.27 bits per heavy atom. The quantitative estimate of drug-likeness (QED) is 0.321. The maximum absolute atomic E-state index is 9.55. The van der Waals surface area contributed by atoms with Crippen LogP contribution >= 0.6 is 23.4 Å². The normalized spacial score (nSPS) is 14.7. The number of nitrogens with zero attached hydrogens (tertiary/aromatic N) is 3. The molecule has 1 fully saturated rings. The van der Waals surface area contributed by atoms with Crippen LogP contribution in [0, 0.1) is 0 Å². The third kappa shape index (κ3) is 12.5. The first-order chi connectivity index (χ1) is 19.5. The summed E-state index contributed by atoms with van der Waals surface area (Å²) < 4.78 is 0. The van der Waals surface area contributed by atoms with Gasteiger partial charge in [-0.1, -0.05) is 35.5 Å². The number of halogens is 1. The predicted molar refractivity (Wildman–Crippen MR) is 156 cm³/mol. The third-order valence-electron chi connectivity index (χ3n) is 5.78. The van der Waals surface area contributed by atoms with E-state index in [2.05, 4.69) is 58.1 Å². The Bertz CT molecular complexity index is 1210. The lowest BCUT2D eigenvalue weighted by molar-refractivity contribution is -0.134. The first-order valence-corrected chi connectivity index (χ1v) is 13.7. The number of hydrogen-bond donors (Lipinski definition) is 4. The van der Waals surface area contributed by atoms with E-state index in [0.717, 1.165) is 24.5 Å². The lowest BCUT2D eigenvalue weighted by atomic mass is 10.2. The van der Waals surface area contributed by atoms with Gasteiger partial charge in [-0.2, -0.15) is 0 Å². The summed E-state index contributed by atoms with van der Waals surface area (Å²) in [5.74, 6) is -5.03. The number of hydrogen-bond acceptors (Lipinski definition) is 8. The van der Waals surface area contributed by atoms with Crippen LogP contribution in [0.5, 0.6) is 0 Å². The molecule has 0 aliphatic carbocycles. The van der Waals surface area contributed by atoms with Crippen LogP contribution in [-0.2, 0) is 19.2 Å². The highest BCUT2D eigenvalue weighted by Gasteiger charge is 2.23. The van der Waals surface area contributed by atoms with Gasteiger partial charge in [0.15, 0.2) is 0 Å². The van der Waals surface area contributed by atoms with Crippen LogP contribution in [-0.4, -0.2) is 100 Å². The summed E-state index contributed by atoms with van der Waals surface area (Å²) in [5.41, 5.74) is 2.55. The number of para-hydroxylation sites is 1. The van der Waals surface area contributed by atoms with Crippen molar-refractivity contribution in [2.45, 2.75) is 16.2 Å². The van der Waals surface area contributed by atoms with E-state index in [-0.39, 0.29) is 0 Å². The van der Waals surface area contributed by atoms with Gasteiger partial charge in [0.25, 0.3) is 0 Å². The average molecular weight is 606 g/mol. The maximum atomic E-state index is 9.55. The molecule has 13 heteroatoms. The van der Waals surface area contributed by atoms with Crippen molar-refractivity contribution < 1.29 is 39.6 Å². The Morgan fingerprint density at radius 3 is 1.80 bits per heavy atom. The average Bonchev–Trinajstić information content (AvgIpc) is 2.92. The van der Waals surface area contributed by atoms with Crippen LogP contribution in [0.3, 0.4) is 0 Å². The minimum Gasteiger partial charge on any atom is -0.478 e. The number of fused-ring (bicyclic) bond motifs is 2. The summed E-state index contributed by atoms with van der Waals surface area (Å²) in [6.07, 6.45) is 3.39. The molecule has 2 aliphatic heterocycles. The molecule has 4 N–H and O–H groups in total. The zero-order chi connectivity index (χ0) is 30.4. The second-order valence-electron chi connectivity index (χ2n) is 8.85. The number of carboxylic acids is 4. The van der Waals surface area contributed by atoms with Gasteiger partial charge in [-0.3, -0.25) is 0 Å². The molecule has 0 unspecified atom stereocenters. The van der Waals surface area contributed by atoms with Crippen molar-refractivity contribution >= 4 is 58.6 Å². The van der Waals surface area contributed by atoms with Crippen LogP contribution < -0.4 is 4.90 Å². The highest BCUT2D eigenvalue weighted by molar-refractivity contribution is 7.99. The number of carbonyl (C=O) groups is 4. The standard InChI is InChI=1S/C20H24ClN3S.2C4H4O4/c1-22-11-13-23(14-12-22)9-4-10-24-17-5-2-3-6-19(17)25-20-8-7-16(21)15-18(20)24;2*5-3(6)1-2-4(7)8/h2-3,5-8,15H,4,9-14H2,1H3;2*1-2H,(H,5,6)(H,7,8). The fraction of sp³-hybridized carbons (Fsp3) is 0.286. The summed E-state index contributed by atoms with van der Waals surface area (Å²) in [4.78, 5) is 48.3. The van der Waals surface area contributed by atoms with Gasteiger partial charge in [0.05, 0.1) is 11.4 Å². The van der Waals surface area contributed by atoms with Crippen molar-refractivity contribution in [2.24, 2.45) is 0 Å². The summed E-state index contributed by atoms with van der Waals surface area (Å²) in [5, 5.41) is 32.1. The van der Waals surface area contributed by atoms with Crippen LogP contribution in [0.2, 0.25) is 5.02 Å². The first kappa shape index (κ1) is 33.4. The van der Waals surface area contributed by atoms with Crippen molar-refractivity contribution in [1.29, 1.82) is 0 Å². The van der Waals surface area contributed by atoms with Crippen LogP contribution in [0.15, 0.2) is 76.6 Å². The van der Waals surface area contributed by atoms with E-state index in [0.29, 0.717) is 24.3 Å². The fourth-order valence-corrected chi connectivity index (χ4v) is 5.09. The Morgan fingerprint density at radius 1 is 0.756 bits per heavy atom. The Balaban J connectivity index is 0.000000304. The Hall–Kier alpha value is -3.84. The van der Waals surface area contributed by atoms with Gasteiger partial charge >= 0.3 is 23.9 Å². The highest BCUT2D eigenvalue weighted by Crippen LogP contribution is 2.48. The Labute approximate surface area is 246 Å². The lowest BCUT2D eigenvalue weighted by Gasteiger charge is -2.35. The molecule has 0 bridgehead atoms. The first-order valence-electron chi connectivity index (χ1n) is 12.5. The van der Waals surface area contributed by atoms with Crippen LogP contribution in [0.25, 0.3) is 0 Å². The molecule has 4 rings (SSSR count). The van der Waals surface area contributed by atoms with Gasteiger partial charge in [0, 0.05) is 71.8 Å². The number of benzene rings is 2. The number of carboxylic acid groups (broad SMARTS) is 4. The van der Waals surface area contributed by atoms with E-state index in [1.165, 1.54) is 47.3 Å². The van der Waals surface area contributed by atoms with Gasteiger partial charge in [-0.05, 0) is 50.3 Å². The second-order valence-corrected chi connectivity index (χ2v) is 10.4. The molecular weight excluding hydrogens is 574 g/mol. The van der Waals surface area contributed by atoms with Gasteiger partial charge < -0.3 is 35.1 Å². The number of likely N-dealkylation sites (N-methyl/N-ethyl adjacent to an activating group) is 1. The molecule has 0 radical (unpaired) electrons. The smallest absolute Gasteiger partial charge is 0.328 e. The van der Waals surface area contributed by atoms with E-state index in [9.17, 15) is 19.2 Å². The van der Waals surface area contributed by atoms with E-state index >= 15 is 0 Å². The largest absolute Gasteiger partial charge is 0.478 e. The van der Waals surface area contributed by atoms with Crippen molar-refractivity contribution in [3.63, 3.8) is 0 Å². The molecule has 2 aromatic rings. The molecule has 2 aromatic carbocycles. The van der Waals surface area contributed by atoms with Gasteiger partial charge in [0.1, 0.15) is 0 Å². The molecule has 11 nitrogen and oxygen atoms in total. The van der Waals surface area contributed by atoms with Crippen molar-refractivity contribution in [2.75, 3.05) is 51.2 Å². The summed E-state index contributed by atoms with van der Waals surface area (Å²) in [7, 11) is 2.21. The van der Waals surface area contributed by atoms with Crippen molar-refractivity contribution in [1.82, 2.24) is 9.80 Å². The predicted octanol–water partition coefficient (Wildman–Crippen LogP) is 4.00. The van der Waals surface area contributed by atoms with Gasteiger partial charge in [0.2, 0.25) is 0 Å². The topological polar surface area (TPSA) is 159 Å². The SMILES string of the molecule is CN1CCN(CCCN2c3ccccc3Sc3ccc(Cl)cc32)CC1.O=C(O)C=CC(=O)O.O=C(O)C=CC(=O)O. The van der Waals surface area contributed by atoms with E-state index < -0.39 is 23.9 Å². The second kappa shape index (κ2) is 17.1. The molecule has 220 valence electrons. The lowest BCUT2D eigenvalue weighted by Crippen LogP contribution is -2.45. The van der Waals surface area contributed by atoms with Crippen LogP contribution in [0.1, 0.15) is 6.42 Å². The molecule has 0 amide bonds. The number of aliphatic carboxylic acids is 4. The highest BCUT2D eigenvalue weighted by atomic mass is 35.5. The van der Waals surface area contributed by atoms with Gasteiger partial charge in [-0.15, -0.1) is 0 Å². The molecule has 1 saturated heterocycles. The van der Waals surface area contributed by atoms with E-state index in [1.54, 1.807) is 0 Å². The number of anilines is 2. The Kier molecular flexibility index (Phi) is 13.9. The molecule has 2 heterocycles. The third-order valence-corrected chi connectivity index (χ3v) is 7.14. The minimum atomic E-state index is -1.26. The molecule has 0 aromatic heterocycles. The van der Waals surface area contributed by atoms with Gasteiger partial charge in [-0.25, -0.2) is 19.2 Å². The van der Waals surface area contributed by atoms with Crippen molar-refractivity contribution in [3.05, 3.63) is 71.8 Å². The van der Waals surface area contributed by atoms with E-state index in [1.807, 2.05) is 17.8 Å². The maximum Gasteiger partial charge on any atom is 0.328 e. The zero-order valence-electron chi connectivity index (χ0n) is 22.4. The molecule has 0 saturated carbocycles. The molecule has 0 spiro atoms. The summed E-state index contributed by atoms with van der Waals surface area (Å²) in [6.45, 7) is 6.92. The minimum absolute atomic E-state index is 0.558. The monoisotopic (exact) mass is 605 g/mol. The summed E-state index contributed by atoms with van der Waals surface area (Å²) in [6, 6.07) is 14.9. The fourth-order valence-electron chi connectivity index (χ4n) is 3.85. The summed E-state index contributed by atoms with van der Waals surface area (Å²) >= 11 is 8.13. The molecular formula is C28H32ClN3O8S. The van der Waals surface area contributed by atoms with E-state index in [4.69, 9.17) is 32.0 Å². The number of piperazine rings is 1. The number of rotatable bonds is 8. The molecule has 0 atom stereocenters.